The van der Waals surface area contributed by atoms with Crippen molar-refractivity contribution in [3.05, 3.63) is 34.1 Å². The molecule has 4 rings (SSSR count). The van der Waals surface area contributed by atoms with Crippen molar-refractivity contribution in [3.8, 4) is 17.2 Å². The van der Waals surface area contributed by atoms with Gasteiger partial charge >= 0.3 is 5.97 Å². The number of rotatable bonds is 5. The first-order valence-electron chi connectivity index (χ1n) is 11.1. The fourth-order valence-electron chi connectivity index (χ4n) is 4.59. The summed E-state index contributed by atoms with van der Waals surface area (Å²) in [5.41, 5.74) is 1.73. The van der Waals surface area contributed by atoms with Gasteiger partial charge in [-0.1, -0.05) is 5.57 Å². The molecule has 8 nitrogen and oxygen atoms in total. The van der Waals surface area contributed by atoms with Crippen molar-refractivity contribution < 1.29 is 38.4 Å². The minimum atomic E-state index is -1.10. The Morgan fingerprint density at radius 1 is 1.24 bits per heavy atom. The van der Waals surface area contributed by atoms with Crippen molar-refractivity contribution in [2.45, 2.75) is 64.6 Å². The average molecular weight is 456 g/mol. The molecule has 2 heterocycles. The van der Waals surface area contributed by atoms with Crippen LogP contribution < -0.4 is 14.2 Å². The van der Waals surface area contributed by atoms with E-state index in [1.165, 1.54) is 7.11 Å². The minimum Gasteiger partial charge on any atom is -0.496 e. The Hall–Kier alpha value is -3.13. The molecule has 3 aliphatic rings. The molecular formula is C25H28O8. The van der Waals surface area contributed by atoms with Gasteiger partial charge in [-0.2, -0.15) is 0 Å². The Labute approximate surface area is 192 Å². The van der Waals surface area contributed by atoms with Gasteiger partial charge < -0.3 is 24.1 Å². The molecule has 1 unspecified atom stereocenters. The monoisotopic (exact) mass is 456 g/mol. The van der Waals surface area contributed by atoms with Gasteiger partial charge in [0, 0.05) is 36.5 Å². The van der Waals surface area contributed by atoms with Crippen molar-refractivity contribution >= 4 is 23.6 Å². The first kappa shape index (κ1) is 23.0. The van der Waals surface area contributed by atoms with E-state index < -0.39 is 17.7 Å². The van der Waals surface area contributed by atoms with Gasteiger partial charge in [0.1, 0.15) is 29.1 Å². The molecule has 0 aromatic heterocycles. The fourth-order valence-corrected chi connectivity index (χ4v) is 4.59. The van der Waals surface area contributed by atoms with Crippen molar-refractivity contribution in [2.75, 3.05) is 13.7 Å². The highest BCUT2D eigenvalue weighted by Gasteiger charge is 2.41. The summed E-state index contributed by atoms with van der Waals surface area (Å²) in [6.45, 7) is 5.13. The second-order valence-corrected chi connectivity index (χ2v) is 8.92. The van der Waals surface area contributed by atoms with Gasteiger partial charge in [0.05, 0.1) is 30.5 Å². The van der Waals surface area contributed by atoms with Crippen LogP contribution in [0.15, 0.2) is 23.0 Å². The maximum absolute atomic E-state index is 12.7. The number of hydrogen-bond acceptors (Lipinski definition) is 8. The summed E-state index contributed by atoms with van der Waals surface area (Å²) in [4.78, 5) is 36.9. The second-order valence-electron chi connectivity index (χ2n) is 8.92. The molecule has 1 aliphatic carbocycles. The van der Waals surface area contributed by atoms with Crippen LogP contribution in [0, 0.1) is 0 Å². The number of ketones is 1. The summed E-state index contributed by atoms with van der Waals surface area (Å²) in [6.07, 6.45) is 2.18. The predicted molar refractivity (Wildman–Crippen MR) is 118 cm³/mol. The number of Topliss-reactive ketones (excluding diaryl/α,β-unsaturated/α-hetero) is 1. The summed E-state index contributed by atoms with van der Waals surface area (Å²) in [6, 6.07) is 1.66. The van der Waals surface area contributed by atoms with Gasteiger partial charge in [-0.25, -0.2) is 4.79 Å². The molecule has 0 spiro atoms. The fraction of sp³-hybridized carbons (Fsp3) is 0.480. The number of benzene rings is 1. The third kappa shape index (κ3) is 4.04. The van der Waals surface area contributed by atoms with Gasteiger partial charge in [0.25, 0.3) is 0 Å². The number of carbonyl (C=O) groups is 3. The number of aldehydes is 1. The standard InChI is InChI=1S/C25H28O8/c1-5-31-24(28)23-16(12-26)20(13-6-8-14(27)9-7-13)21-18(33-23)11-17-15(22(21)30-4)10-19(32-17)25(2,3)29/h11-12,19,29H,5-10H2,1-4H3. The molecule has 1 fully saturated rings. The lowest BCUT2D eigenvalue weighted by molar-refractivity contribution is -0.141. The molecule has 1 saturated carbocycles. The number of fused-ring (bicyclic) bond motifs is 2. The number of aliphatic hydroxyl groups is 1. The van der Waals surface area contributed by atoms with E-state index in [4.69, 9.17) is 18.9 Å². The van der Waals surface area contributed by atoms with Crippen LogP contribution in [0.2, 0.25) is 0 Å². The molecule has 0 saturated heterocycles. The third-order valence-corrected chi connectivity index (χ3v) is 6.28. The van der Waals surface area contributed by atoms with Gasteiger partial charge in [-0.05, 0) is 33.6 Å². The Balaban J connectivity index is 1.96. The molecule has 0 bridgehead atoms. The number of esters is 1. The molecule has 176 valence electrons. The number of methoxy groups -OCH3 is 1. The topological polar surface area (TPSA) is 108 Å². The van der Waals surface area contributed by atoms with E-state index in [1.54, 1.807) is 26.8 Å². The van der Waals surface area contributed by atoms with E-state index in [0.29, 0.717) is 66.8 Å². The quantitative estimate of drug-likeness (QED) is 0.532. The van der Waals surface area contributed by atoms with Crippen molar-refractivity contribution in [3.63, 3.8) is 0 Å². The molecule has 33 heavy (non-hydrogen) atoms. The number of ether oxygens (including phenoxy) is 4. The van der Waals surface area contributed by atoms with Crippen LogP contribution in [0.25, 0.3) is 5.57 Å². The first-order chi connectivity index (χ1) is 15.7. The Morgan fingerprint density at radius 3 is 2.52 bits per heavy atom. The molecule has 0 amide bonds. The van der Waals surface area contributed by atoms with E-state index >= 15 is 0 Å². The highest BCUT2D eigenvalue weighted by molar-refractivity contribution is 6.10. The number of carbonyl (C=O) groups excluding carboxylic acids is 3. The summed E-state index contributed by atoms with van der Waals surface area (Å²) < 4.78 is 22.9. The second kappa shape index (κ2) is 8.67. The van der Waals surface area contributed by atoms with Crippen LogP contribution in [-0.2, 0) is 25.5 Å². The smallest absolute Gasteiger partial charge is 0.375 e. The lowest BCUT2D eigenvalue weighted by Gasteiger charge is -2.28. The molecule has 1 N–H and O–H groups in total. The highest BCUT2D eigenvalue weighted by atomic mass is 16.6. The largest absolute Gasteiger partial charge is 0.496 e. The first-order valence-corrected chi connectivity index (χ1v) is 11.1. The predicted octanol–water partition coefficient (Wildman–Crippen LogP) is 3.07. The maximum Gasteiger partial charge on any atom is 0.375 e. The van der Waals surface area contributed by atoms with Crippen LogP contribution in [0.3, 0.4) is 0 Å². The summed E-state index contributed by atoms with van der Waals surface area (Å²) >= 11 is 0. The molecule has 1 aromatic carbocycles. The Morgan fingerprint density at radius 2 is 1.94 bits per heavy atom. The normalized spacial score (nSPS) is 20.0. The van der Waals surface area contributed by atoms with Gasteiger partial charge in [0.2, 0.25) is 5.76 Å². The molecule has 8 heteroatoms. The number of hydrogen-bond donors (Lipinski definition) is 1. The summed E-state index contributed by atoms with van der Waals surface area (Å²) in [7, 11) is 1.52. The third-order valence-electron chi connectivity index (χ3n) is 6.28. The molecule has 2 aliphatic heterocycles. The van der Waals surface area contributed by atoms with Gasteiger partial charge in [-0.3, -0.25) is 9.59 Å². The Bertz CT molecular complexity index is 1070. The van der Waals surface area contributed by atoms with Crippen LogP contribution >= 0.6 is 0 Å². The van der Waals surface area contributed by atoms with E-state index in [-0.39, 0.29) is 23.7 Å². The van der Waals surface area contributed by atoms with E-state index in [2.05, 4.69) is 0 Å². The molecule has 0 radical (unpaired) electrons. The van der Waals surface area contributed by atoms with E-state index in [9.17, 15) is 19.5 Å². The van der Waals surface area contributed by atoms with Crippen LogP contribution in [-0.4, -0.2) is 48.6 Å². The zero-order valence-corrected chi connectivity index (χ0v) is 19.3. The minimum absolute atomic E-state index is 0.0847. The maximum atomic E-state index is 12.7. The van der Waals surface area contributed by atoms with Crippen LogP contribution in [0.5, 0.6) is 17.2 Å². The van der Waals surface area contributed by atoms with Gasteiger partial charge in [-0.15, -0.1) is 0 Å². The Kier molecular flexibility index (Phi) is 6.05. The van der Waals surface area contributed by atoms with Crippen molar-refractivity contribution in [1.82, 2.24) is 0 Å². The molecule has 1 atom stereocenters. The summed E-state index contributed by atoms with van der Waals surface area (Å²) in [5, 5.41) is 10.5. The van der Waals surface area contributed by atoms with Gasteiger partial charge in [0.15, 0.2) is 6.29 Å². The lowest BCUT2D eigenvalue weighted by Crippen LogP contribution is -2.39. The molecular weight excluding hydrogens is 428 g/mol. The van der Waals surface area contributed by atoms with Crippen LogP contribution in [0.1, 0.15) is 57.6 Å². The van der Waals surface area contributed by atoms with Crippen LogP contribution in [0.4, 0.5) is 0 Å². The van der Waals surface area contributed by atoms with Crippen molar-refractivity contribution in [1.29, 1.82) is 0 Å². The summed E-state index contributed by atoms with van der Waals surface area (Å²) in [5.74, 6) is 0.476. The lowest BCUT2D eigenvalue weighted by atomic mass is 9.81. The van der Waals surface area contributed by atoms with Crippen molar-refractivity contribution in [2.24, 2.45) is 0 Å². The zero-order chi connectivity index (χ0) is 23.9. The van der Waals surface area contributed by atoms with E-state index in [1.807, 2.05) is 0 Å². The highest BCUT2D eigenvalue weighted by Crippen LogP contribution is 2.53. The zero-order valence-electron chi connectivity index (χ0n) is 19.3. The molecule has 1 aromatic rings. The average Bonchev–Trinajstić information content (AvgIpc) is 3.21. The number of allylic oxidation sites excluding steroid dienone is 3. The SMILES string of the molecule is CCOC(=O)C1=C(C=O)C(=C2CCC(=O)CC2)c2c(cc3c(c2OC)CC(C(C)(C)O)O3)O1. The van der Waals surface area contributed by atoms with E-state index in [0.717, 1.165) is 11.1 Å².